The number of benzene rings is 2. The van der Waals surface area contributed by atoms with E-state index in [1.807, 2.05) is 28.8 Å². The summed E-state index contributed by atoms with van der Waals surface area (Å²) >= 11 is 0. The third-order valence-corrected chi connectivity index (χ3v) is 4.59. The molecule has 4 aromatic rings. The normalized spacial score (nSPS) is 12.5. The van der Waals surface area contributed by atoms with Crippen LogP contribution in [0.4, 0.5) is 5.82 Å². The van der Waals surface area contributed by atoms with Crippen LogP contribution in [-0.4, -0.2) is 45.9 Å². The molecule has 28 heavy (non-hydrogen) atoms. The van der Waals surface area contributed by atoms with Gasteiger partial charge in [-0.3, -0.25) is 0 Å². The van der Waals surface area contributed by atoms with Gasteiger partial charge in [0.1, 0.15) is 24.2 Å². The molecule has 0 aliphatic rings. The van der Waals surface area contributed by atoms with Crippen molar-refractivity contribution >= 4 is 27.8 Å². The highest BCUT2D eigenvalue weighted by atomic mass is 16.5. The van der Waals surface area contributed by atoms with Gasteiger partial charge in [0.2, 0.25) is 0 Å². The lowest BCUT2D eigenvalue weighted by molar-refractivity contribution is 0.152. The molecule has 0 unspecified atom stereocenters. The molecule has 0 aliphatic carbocycles. The van der Waals surface area contributed by atoms with Crippen molar-refractivity contribution < 1.29 is 9.47 Å². The summed E-state index contributed by atoms with van der Waals surface area (Å²) in [7, 11) is 1.62. The third kappa shape index (κ3) is 3.47. The van der Waals surface area contributed by atoms with E-state index in [4.69, 9.17) is 20.9 Å². The first-order valence-corrected chi connectivity index (χ1v) is 8.96. The van der Waals surface area contributed by atoms with Crippen LogP contribution in [-0.2, 0) is 11.3 Å². The van der Waals surface area contributed by atoms with Gasteiger partial charge in [0.15, 0.2) is 11.5 Å². The molecule has 4 rings (SSSR count). The van der Waals surface area contributed by atoms with Gasteiger partial charge in [0, 0.05) is 12.7 Å². The number of hydrogen-bond donors (Lipinski definition) is 2. The maximum atomic E-state index is 6.05. The first-order valence-electron chi connectivity index (χ1n) is 8.96. The Morgan fingerprint density at radius 1 is 1.07 bits per heavy atom. The van der Waals surface area contributed by atoms with E-state index in [1.165, 1.54) is 6.33 Å². The monoisotopic (exact) mass is 378 g/mol. The van der Waals surface area contributed by atoms with E-state index in [0.717, 1.165) is 22.1 Å². The number of ether oxygens (including phenoxy) is 2. The van der Waals surface area contributed by atoms with Crippen LogP contribution >= 0.6 is 0 Å². The van der Waals surface area contributed by atoms with Gasteiger partial charge in [0.25, 0.3) is 0 Å². The molecule has 0 aliphatic heterocycles. The van der Waals surface area contributed by atoms with Crippen LogP contribution in [0.25, 0.3) is 21.9 Å². The summed E-state index contributed by atoms with van der Waals surface area (Å²) in [6.07, 6.45) is 3.16. The van der Waals surface area contributed by atoms with Gasteiger partial charge in [-0.05, 0) is 16.8 Å². The molecule has 1 atom stereocenters. The number of imidazole rings is 1. The second kappa shape index (κ2) is 7.79. The van der Waals surface area contributed by atoms with Crippen molar-refractivity contribution in [3.63, 3.8) is 0 Å². The largest absolute Gasteiger partial charge is 0.492 e. The lowest BCUT2D eigenvalue weighted by Gasteiger charge is -2.17. The average molecular weight is 378 g/mol. The fourth-order valence-electron chi connectivity index (χ4n) is 3.26. The van der Waals surface area contributed by atoms with Crippen LogP contribution in [0.2, 0.25) is 0 Å². The second-order valence-electron chi connectivity index (χ2n) is 6.59. The summed E-state index contributed by atoms with van der Waals surface area (Å²) in [5.74, 6) is 1.14. The minimum Gasteiger partial charge on any atom is -0.492 e. The number of nitrogen functional groups attached to an aromatic ring is 1. The molecule has 0 radical (unpaired) electrons. The number of nitrogens with two attached hydrogens (primary N) is 2. The average Bonchev–Trinajstić information content (AvgIpc) is 3.12. The Balaban J connectivity index is 1.74. The maximum absolute atomic E-state index is 6.05. The zero-order valence-corrected chi connectivity index (χ0v) is 15.6. The molecule has 2 aromatic heterocycles. The van der Waals surface area contributed by atoms with E-state index in [1.54, 1.807) is 13.4 Å². The zero-order valence-electron chi connectivity index (χ0n) is 15.6. The van der Waals surface area contributed by atoms with E-state index in [2.05, 4.69) is 27.1 Å². The number of anilines is 1. The number of aromatic nitrogens is 4. The predicted molar refractivity (Wildman–Crippen MR) is 108 cm³/mol. The predicted octanol–water partition coefficient (Wildman–Crippen LogP) is 1.96. The Bertz CT molecular complexity index is 1110. The van der Waals surface area contributed by atoms with Gasteiger partial charge in [0.05, 0.1) is 25.5 Å². The Kier molecular flexibility index (Phi) is 5.05. The zero-order chi connectivity index (χ0) is 19.5. The van der Waals surface area contributed by atoms with E-state index in [9.17, 15) is 0 Å². The Morgan fingerprint density at radius 2 is 1.93 bits per heavy atom. The highest BCUT2D eigenvalue weighted by Crippen LogP contribution is 2.30. The molecule has 0 saturated heterocycles. The summed E-state index contributed by atoms with van der Waals surface area (Å²) in [5, 5.41) is 2.23. The number of nitrogens with zero attached hydrogens (tertiary/aromatic N) is 4. The third-order valence-electron chi connectivity index (χ3n) is 4.59. The smallest absolute Gasteiger partial charge is 0.165 e. The van der Waals surface area contributed by atoms with Crippen molar-refractivity contribution in [2.75, 3.05) is 26.1 Å². The number of rotatable bonds is 7. The lowest BCUT2D eigenvalue weighted by atomic mass is 10.0. The van der Waals surface area contributed by atoms with Gasteiger partial charge >= 0.3 is 0 Å². The van der Waals surface area contributed by atoms with Crippen LogP contribution in [0, 0.1) is 0 Å². The number of hydrogen-bond acceptors (Lipinski definition) is 7. The molecule has 0 fully saturated rings. The molecule has 2 aromatic carbocycles. The molecule has 8 heteroatoms. The molecule has 0 saturated carbocycles. The minimum absolute atomic E-state index is 0.203. The van der Waals surface area contributed by atoms with Gasteiger partial charge < -0.3 is 25.5 Å². The van der Waals surface area contributed by atoms with Crippen molar-refractivity contribution in [3.05, 3.63) is 54.6 Å². The van der Waals surface area contributed by atoms with Crippen molar-refractivity contribution in [1.29, 1.82) is 0 Å². The molecule has 144 valence electrons. The Labute approximate surface area is 162 Å². The number of fused-ring (bicyclic) bond motifs is 2. The van der Waals surface area contributed by atoms with Crippen LogP contribution in [0.3, 0.4) is 0 Å². The quantitative estimate of drug-likeness (QED) is 0.505. The molecule has 0 amide bonds. The Morgan fingerprint density at radius 3 is 2.79 bits per heavy atom. The first-order chi connectivity index (χ1) is 13.7. The Hall–Kier alpha value is -3.23. The van der Waals surface area contributed by atoms with E-state index in [0.29, 0.717) is 36.7 Å². The molecule has 0 bridgehead atoms. The topological polar surface area (TPSA) is 114 Å². The van der Waals surface area contributed by atoms with Crippen molar-refractivity contribution in [1.82, 2.24) is 19.5 Å². The van der Waals surface area contributed by atoms with Gasteiger partial charge in [-0.15, -0.1) is 0 Å². The lowest BCUT2D eigenvalue weighted by Crippen LogP contribution is -2.32. The van der Waals surface area contributed by atoms with Gasteiger partial charge in [-0.25, -0.2) is 15.0 Å². The van der Waals surface area contributed by atoms with Crippen molar-refractivity contribution in [2.45, 2.75) is 12.6 Å². The van der Waals surface area contributed by atoms with Crippen LogP contribution < -0.4 is 16.2 Å². The SMILES string of the molecule is COC[C@@H](N)COc1ccc2ccccc2c1Cn1cnc2c(N)ncnc21. The van der Waals surface area contributed by atoms with Crippen LogP contribution in [0.1, 0.15) is 5.56 Å². The van der Waals surface area contributed by atoms with Gasteiger partial charge in [-0.1, -0.05) is 30.3 Å². The second-order valence-corrected chi connectivity index (χ2v) is 6.59. The molecular weight excluding hydrogens is 356 g/mol. The molecule has 8 nitrogen and oxygen atoms in total. The van der Waals surface area contributed by atoms with E-state index in [-0.39, 0.29) is 6.04 Å². The molecule has 0 spiro atoms. The summed E-state index contributed by atoms with van der Waals surface area (Å²) < 4.78 is 13.1. The minimum atomic E-state index is -0.203. The van der Waals surface area contributed by atoms with Crippen LogP contribution in [0.15, 0.2) is 49.1 Å². The van der Waals surface area contributed by atoms with Crippen molar-refractivity contribution in [3.8, 4) is 5.75 Å². The summed E-state index contributed by atoms with van der Waals surface area (Å²) in [6.45, 7) is 1.33. The number of methoxy groups -OCH3 is 1. The molecular formula is C20H22N6O2. The highest BCUT2D eigenvalue weighted by Gasteiger charge is 2.14. The van der Waals surface area contributed by atoms with Crippen LogP contribution in [0.5, 0.6) is 5.75 Å². The maximum Gasteiger partial charge on any atom is 0.165 e. The summed E-state index contributed by atoms with van der Waals surface area (Å²) in [4.78, 5) is 12.7. The van der Waals surface area contributed by atoms with Gasteiger partial charge in [-0.2, -0.15) is 0 Å². The highest BCUT2D eigenvalue weighted by molar-refractivity contribution is 5.88. The van der Waals surface area contributed by atoms with E-state index >= 15 is 0 Å². The van der Waals surface area contributed by atoms with Crippen molar-refractivity contribution in [2.24, 2.45) is 5.73 Å². The fraction of sp³-hybridized carbons (Fsp3) is 0.250. The van der Waals surface area contributed by atoms with E-state index < -0.39 is 0 Å². The summed E-state index contributed by atoms with van der Waals surface area (Å²) in [5.41, 5.74) is 14.2. The first kappa shape index (κ1) is 18.1. The molecule has 4 N–H and O–H groups in total. The molecule has 2 heterocycles. The fourth-order valence-corrected chi connectivity index (χ4v) is 3.26. The standard InChI is InChI=1S/C20H22N6O2/c1-27-9-14(21)10-28-17-7-6-13-4-2-3-5-15(13)16(17)8-26-12-25-18-19(22)23-11-24-20(18)26/h2-7,11-12,14H,8-10,21H2,1H3,(H2,22,23,24)/t14-/m1/s1. The summed E-state index contributed by atoms with van der Waals surface area (Å²) in [6, 6.07) is 12.0.